The van der Waals surface area contributed by atoms with E-state index in [1.165, 1.54) is 12.1 Å². The number of nitrogens with one attached hydrogen (secondary N) is 2. The predicted octanol–water partition coefficient (Wildman–Crippen LogP) is 5.04. The molecule has 258 valence electrons. The van der Waals surface area contributed by atoms with Crippen LogP contribution in [-0.2, 0) is 9.59 Å². The summed E-state index contributed by atoms with van der Waals surface area (Å²) >= 11 is 1.59. The molecule has 0 aliphatic carbocycles. The number of carbonyl (C=O) groups excluding carboxylic acids is 2. The van der Waals surface area contributed by atoms with Crippen LogP contribution < -0.4 is 20.1 Å². The van der Waals surface area contributed by atoms with Gasteiger partial charge in [-0.25, -0.2) is 4.39 Å². The molecule has 0 radical (unpaired) electrons. The highest BCUT2D eigenvalue weighted by Gasteiger charge is 2.21. The van der Waals surface area contributed by atoms with Crippen LogP contribution in [-0.4, -0.2) is 57.3 Å². The van der Waals surface area contributed by atoms with Gasteiger partial charge in [0.15, 0.2) is 0 Å². The molecule has 0 atom stereocenters. The van der Waals surface area contributed by atoms with Crippen molar-refractivity contribution in [1.29, 1.82) is 0 Å². The normalized spacial score (nSPS) is 10.6. The Bertz CT molecular complexity index is 2450. The van der Waals surface area contributed by atoms with Crippen molar-refractivity contribution in [3.05, 3.63) is 127 Å². The molecule has 0 aliphatic heterocycles. The highest BCUT2D eigenvalue weighted by molar-refractivity contribution is 7.17. The monoisotopic (exact) mass is 728 g/mol. The molecule has 0 aliphatic rings. The zero-order valence-electron chi connectivity index (χ0n) is 26.0. The van der Waals surface area contributed by atoms with E-state index >= 15 is 0 Å². The van der Waals surface area contributed by atoms with Crippen molar-refractivity contribution in [2.75, 3.05) is 13.1 Å². The van der Waals surface area contributed by atoms with Gasteiger partial charge in [-0.15, -0.1) is 0 Å². The molecule has 0 saturated heterocycles. The number of carboxylic acids is 2. The maximum absolute atomic E-state index is 13.0. The topological polar surface area (TPSA) is 207 Å². The van der Waals surface area contributed by atoms with Gasteiger partial charge in [0.25, 0.3) is 11.8 Å². The number of amides is 2. The molecule has 0 spiro atoms. The lowest BCUT2D eigenvalue weighted by molar-refractivity contribution is -0.136. The van der Waals surface area contributed by atoms with Gasteiger partial charge < -0.3 is 31.1 Å². The molecule has 0 saturated carbocycles. The van der Waals surface area contributed by atoms with Gasteiger partial charge in [-0.05, 0) is 58.7 Å². The molecule has 6 rings (SSSR count). The van der Waals surface area contributed by atoms with Crippen LogP contribution in [0.15, 0.2) is 101 Å². The number of benzene rings is 4. The first kappa shape index (κ1) is 35.8. The average Bonchev–Trinajstić information content (AvgIpc) is 3.10. The van der Waals surface area contributed by atoms with E-state index < -0.39 is 69.0 Å². The lowest BCUT2D eigenvalue weighted by atomic mass is 10.0. The van der Waals surface area contributed by atoms with Crippen molar-refractivity contribution in [3.8, 4) is 33.8 Å². The maximum atomic E-state index is 13.0. The average molecular weight is 729 g/mol. The number of halogens is 1. The Morgan fingerprint density at radius 3 is 1.37 bits per heavy atom. The van der Waals surface area contributed by atoms with Crippen LogP contribution in [0.5, 0.6) is 11.5 Å². The zero-order chi connectivity index (χ0) is 36.8. The summed E-state index contributed by atoms with van der Waals surface area (Å²) in [5.41, 5.74) is 2.37. The third kappa shape index (κ3) is 8.24. The summed E-state index contributed by atoms with van der Waals surface area (Å²) in [5, 5.41) is 42.7. The van der Waals surface area contributed by atoms with E-state index in [1.807, 2.05) is 30.3 Å². The molecule has 6 N–H and O–H groups in total. The fourth-order valence-electron chi connectivity index (χ4n) is 4.89. The van der Waals surface area contributed by atoms with Gasteiger partial charge in [-0.1, -0.05) is 77.3 Å². The Morgan fingerprint density at radius 1 is 0.569 bits per heavy atom. The van der Waals surface area contributed by atoms with Gasteiger partial charge in [0.1, 0.15) is 41.5 Å². The van der Waals surface area contributed by atoms with E-state index in [0.717, 1.165) is 44.9 Å². The molecule has 2 heterocycles. The van der Waals surface area contributed by atoms with E-state index in [-0.39, 0.29) is 5.82 Å². The molecule has 2 amide bonds. The largest absolute Gasteiger partial charge is 0.506 e. The molecule has 4 aromatic carbocycles. The standard InChI is InChI=1S/C18H12FNO5S.C18H13NO5S/c19-11-4-1-9(2-5-11)10-3-6-12-13(7-10)26-18(25)15(16(12)23)17(24)20-8-14(21)22;20-14(21)9-19-17(23)15-16(22)12-7-6-11(8-13(12)25-18(15)24)10-4-2-1-3-5-10/h1-7,23H,8H2,(H,20,24)(H,21,22);1-8,22H,9H2,(H,19,23)(H,20,21). The van der Waals surface area contributed by atoms with E-state index in [2.05, 4.69) is 10.6 Å². The fraction of sp³-hybridized carbons (Fsp3) is 0.0556. The number of rotatable bonds is 8. The van der Waals surface area contributed by atoms with Crippen molar-refractivity contribution in [1.82, 2.24) is 10.6 Å². The van der Waals surface area contributed by atoms with Gasteiger partial charge in [0, 0.05) is 20.2 Å². The molecule has 2 aromatic heterocycles. The second-order valence-electron chi connectivity index (χ2n) is 10.7. The third-order valence-corrected chi connectivity index (χ3v) is 9.19. The lowest BCUT2D eigenvalue weighted by Crippen LogP contribution is -2.32. The maximum Gasteiger partial charge on any atom is 0.322 e. The number of fused-ring (bicyclic) bond motifs is 2. The molecule has 0 unspecified atom stereocenters. The minimum atomic E-state index is -1.27. The molecule has 51 heavy (non-hydrogen) atoms. The Hall–Kier alpha value is -6.45. The Kier molecular flexibility index (Phi) is 10.8. The summed E-state index contributed by atoms with van der Waals surface area (Å²) in [6, 6.07) is 25.4. The smallest absolute Gasteiger partial charge is 0.322 e. The quantitative estimate of drug-likeness (QED) is 0.123. The van der Waals surface area contributed by atoms with Gasteiger partial charge in [-0.3, -0.25) is 28.8 Å². The summed E-state index contributed by atoms with van der Waals surface area (Å²) in [6.45, 7) is -1.29. The van der Waals surface area contributed by atoms with Crippen LogP contribution in [0.25, 0.3) is 42.4 Å². The van der Waals surface area contributed by atoms with Gasteiger partial charge in [0.2, 0.25) is 9.48 Å². The molecule has 6 aromatic rings. The summed E-state index contributed by atoms with van der Waals surface area (Å²) in [7, 11) is 0. The second kappa shape index (κ2) is 15.4. The van der Waals surface area contributed by atoms with Crippen molar-refractivity contribution >= 4 is 66.6 Å². The minimum absolute atomic E-state index is 0.293. The molecule has 0 fully saturated rings. The Labute approximate surface area is 294 Å². The van der Waals surface area contributed by atoms with Crippen LogP contribution in [0.1, 0.15) is 20.7 Å². The van der Waals surface area contributed by atoms with Crippen molar-refractivity contribution in [2.24, 2.45) is 0 Å². The first-order chi connectivity index (χ1) is 24.3. The molecule has 12 nitrogen and oxygen atoms in total. The first-order valence-electron chi connectivity index (χ1n) is 14.7. The third-order valence-electron chi connectivity index (χ3n) is 7.30. The molecule has 15 heteroatoms. The summed E-state index contributed by atoms with van der Waals surface area (Å²) in [5.74, 6) is -5.67. The van der Waals surface area contributed by atoms with Crippen LogP contribution >= 0.6 is 22.7 Å². The van der Waals surface area contributed by atoms with Crippen LogP contribution in [0.4, 0.5) is 4.39 Å². The first-order valence-corrected chi connectivity index (χ1v) is 16.4. The Balaban J connectivity index is 0.000000198. The highest BCUT2D eigenvalue weighted by Crippen LogP contribution is 2.34. The number of aliphatic carboxylic acids is 2. The highest BCUT2D eigenvalue weighted by atomic mass is 32.1. The number of hydrogen-bond donors (Lipinski definition) is 6. The van der Waals surface area contributed by atoms with Crippen LogP contribution in [0.2, 0.25) is 0 Å². The zero-order valence-corrected chi connectivity index (χ0v) is 27.6. The number of carbonyl (C=O) groups is 4. The van der Waals surface area contributed by atoms with Crippen molar-refractivity contribution in [2.45, 2.75) is 0 Å². The molecular formula is C36H25FN2O10S2. The SMILES string of the molecule is O=C(O)CNC(=O)c1c(O)c2ccc(-c3ccc(F)cc3)cc2sc1=O.O=C(O)CNC(=O)c1c(O)c2ccc(-c3ccccc3)cc2sc1=O. The number of carboxylic acid groups (broad SMARTS) is 2. The van der Waals surface area contributed by atoms with Gasteiger partial charge in [0.05, 0.1) is 0 Å². The lowest BCUT2D eigenvalue weighted by Gasteiger charge is -2.08. The number of hydrogen-bond acceptors (Lipinski definition) is 10. The molecular weight excluding hydrogens is 704 g/mol. The van der Waals surface area contributed by atoms with Gasteiger partial charge >= 0.3 is 11.9 Å². The van der Waals surface area contributed by atoms with E-state index in [4.69, 9.17) is 10.2 Å². The molecule has 0 bridgehead atoms. The van der Waals surface area contributed by atoms with Crippen molar-refractivity contribution in [3.63, 3.8) is 0 Å². The van der Waals surface area contributed by atoms with E-state index in [1.54, 1.807) is 48.5 Å². The predicted molar refractivity (Wildman–Crippen MR) is 190 cm³/mol. The van der Waals surface area contributed by atoms with E-state index in [0.29, 0.717) is 20.2 Å². The van der Waals surface area contributed by atoms with Crippen molar-refractivity contribution < 1.29 is 44.0 Å². The van der Waals surface area contributed by atoms with Crippen LogP contribution in [0.3, 0.4) is 0 Å². The summed E-state index contributed by atoms with van der Waals surface area (Å²) in [4.78, 5) is 69.5. The summed E-state index contributed by atoms with van der Waals surface area (Å²) in [6.07, 6.45) is 0. The van der Waals surface area contributed by atoms with E-state index in [9.17, 15) is 43.4 Å². The van der Waals surface area contributed by atoms with Crippen LogP contribution in [0, 0.1) is 5.82 Å². The minimum Gasteiger partial charge on any atom is -0.506 e. The Morgan fingerprint density at radius 2 is 0.961 bits per heavy atom. The fourth-order valence-corrected chi connectivity index (χ4v) is 6.79. The second-order valence-corrected chi connectivity index (χ2v) is 12.7. The number of aromatic hydroxyl groups is 2. The summed E-state index contributed by atoms with van der Waals surface area (Å²) < 4.78 is 12.7. The van der Waals surface area contributed by atoms with Gasteiger partial charge in [-0.2, -0.15) is 0 Å².